The van der Waals surface area contributed by atoms with E-state index in [-0.39, 0.29) is 10.8 Å². The molecule has 7 heteroatoms. The molecule has 0 aromatic heterocycles. The minimum atomic E-state index is -3.49. The third-order valence-electron chi connectivity index (χ3n) is 4.00. The standard InChI is InChI=1S/C17H26N2O4S/c1-2-3-4-5-6-17(20)18-15-7-9-16(10-8-15)24(21,22)19-11-13-23-14-12-19/h7-10H,2-6,11-14H2,1H3,(H,18,20). The van der Waals surface area contributed by atoms with Gasteiger partial charge < -0.3 is 10.1 Å². The molecule has 1 saturated heterocycles. The van der Waals surface area contributed by atoms with Crippen LogP contribution in [0, 0.1) is 0 Å². The summed E-state index contributed by atoms with van der Waals surface area (Å²) >= 11 is 0. The van der Waals surface area contributed by atoms with E-state index in [2.05, 4.69) is 12.2 Å². The Balaban J connectivity index is 1.91. The Kier molecular flexibility index (Phi) is 7.20. The summed E-state index contributed by atoms with van der Waals surface area (Å²) in [7, 11) is -3.49. The van der Waals surface area contributed by atoms with Gasteiger partial charge in [-0.1, -0.05) is 26.2 Å². The number of amides is 1. The molecule has 134 valence electrons. The number of hydrogen-bond donors (Lipinski definition) is 1. The molecule has 0 atom stereocenters. The third kappa shape index (κ3) is 5.29. The molecular weight excluding hydrogens is 328 g/mol. The second kappa shape index (κ2) is 9.15. The van der Waals surface area contributed by atoms with Crippen LogP contribution in [0.3, 0.4) is 0 Å². The average Bonchev–Trinajstić information content (AvgIpc) is 2.60. The van der Waals surface area contributed by atoms with Gasteiger partial charge in [-0.3, -0.25) is 4.79 Å². The number of anilines is 1. The number of rotatable bonds is 8. The van der Waals surface area contributed by atoms with Crippen molar-refractivity contribution in [2.45, 2.75) is 43.9 Å². The highest BCUT2D eigenvalue weighted by Crippen LogP contribution is 2.19. The van der Waals surface area contributed by atoms with Crippen LogP contribution in [0.15, 0.2) is 29.2 Å². The molecule has 2 rings (SSSR count). The zero-order valence-electron chi connectivity index (χ0n) is 14.2. The van der Waals surface area contributed by atoms with Gasteiger partial charge in [0.2, 0.25) is 15.9 Å². The lowest BCUT2D eigenvalue weighted by atomic mass is 10.1. The van der Waals surface area contributed by atoms with E-state index in [1.54, 1.807) is 12.1 Å². The first-order valence-corrected chi connectivity index (χ1v) is 9.96. The van der Waals surface area contributed by atoms with Gasteiger partial charge in [0.15, 0.2) is 0 Å². The normalized spacial score (nSPS) is 16.0. The minimum absolute atomic E-state index is 0.0325. The number of carbonyl (C=O) groups is 1. The molecule has 1 fully saturated rings. The molecule has 0 aliphatic carbocycles. The van der Waals surface area contributed by atoms with Gasteiger partial charge in [-0.05, 0) is 30.7 Å². The molecule has 1 aliphatic rings. The number of sulfonamides is 1. The third-order valence-corrected chi connectivity index (χ3v) is 5.92. The van der Waals surface area contributed by atoms with Gasteiger partial charge >= 0.3 is 0 Å². The van der Waals surface area contributed by atoms with Crippen LogP contribution >= 0.6 is 0 Å². The maximum Gasteiger partial charge on any atom is 0.243 e. The largest absolute Gasteiger partial charge is 0.379 e. The van der Waals surface area contributed by atoms with E-state index in [1.807, 2.05) is 0 Å². The van der Waals surface area contributed by atoms with E-state index >= 15 is 0 Å². The number of nitrogens with zero attached hydrogens (tertiary/aromatic N) is 1. The number of carbonyl (C=O) groups excluding carboxylic acids is 1. The Morgan fingerprint density at radius 3 is 2.42 bits per heavy atom. The van der Waals surface area contributed by atoms with Crippen LogP contribution in [-0.2, 0) is 19.6 Å². The Morgan fingerprint density at radius 1 is 1.12 bits per heavy atom. The zero-order chi connectivity index (χ0) is 17.4. The Bertz CT molecular complexity index is 622. The van der Waals surface area contributed by atoms with Crippen molar-refractivity contribution in [1.29, 1.82) is 0 Å². The summed E-state index contributed by atoms with van der Waals surface area (Å²) in [5.41, 5.74) is 0.622. The van der Waals surface area contributed by atoms with Crippen LogP contribution in [0.2, 0.25) is 0 Å². The number of hydrogen-bond acceptors (Lipinski definition) is 4. The topological polar surface area (TPSA) is 75.7 Å². The monoisotopic (exact) mass is 354 g/mol. The fourth-order valence-corrected chi connectivity index (χ4v) is 3.99. The molecule has 1 N–H and O–H groups in total. The van der Waals surface area contributed by atoms with Crippen molar-refractivity contribution < 1.29 is 17.9 Å². The van der Waals surface area contributed by atoms with Gasteiger partial charge in [0, 0.05) is 25.2 Å². The fourth-order valence-electron chi connectivity index (χ4n) is 2.58. The van der Waals surface area contributed by atoms with E-state index in [4.69, 9.17) is 4.74 Å². The van der Waals surface area contributed by atoms with Gasteiger partial charge in [-0.15, -0.1) is 0 Å². The molecular formula is C17H26N2O4S. The zero-order valence-corrected chi connectivity index (χ0v) is 15.0. The first-order valence-electron chi connectivity index (χ1n) is 8.52. The van der Waals surface area contributed by atoms with E-state index in [1.165, 1.54) is 16.4 Å². The maximum absolute atomic E-state index is 12.5. The highest BCUT2D eigenvalue weighted by Gasteiger charge is 2.26. The lowest BCUT2D eigenvalue weighted by molar-refractivity contribution is -0.116. The SMILES string of the molecule is CCCCCCC(=O)Nc1ccc(S(=O)(=O)N2CCOCC2)cc1. The van der Waals surface area contributed by atoms with Gasteiger partial charge in [-0.25, -0.2) is 8.42 Å². The van der Waals surface area contributed by atoms with Crippen molar-refractivity contribution in [3.8, 4) is 0 Å². The molecule has 24 heavy (non-hydrogen) atoms. The molecule has 1 heterocycles. The van der Waals surface area contributed by atoms with Crippen molar-refractivity contribution in [2.75, 3.05) is 31.6 Å². The molecule has 1 aromatic carbocycles. The molecule has 0 saturated carbocycles. The molecule has 1 aliphatic heterocycles. The summed E-state index contributed by atoms with van der Waals surface area (Å²) in [6.07, 6.45) is 4.71. The smallest absolute Gasteiger partial charge is 0.243 e. The summed E-state index contributed by atoms with van der Waals surface area (Å²) in [4.78, 5) is 12.1. The highest BCUT2D eigenvalue weighted by molar-refractivity contribution is 7.89. The van der Waals surface area contributed by atoms with E-state index in [0.29, 0.717) is 38.4 Å². The van der Waals surface area contributed by atoms with Gasteiger partial charge in [0.05, 0.1) is 18.1 Å². The summed E-state index contributed by atoms with van der Waals surface area (Å²) < 4.78 is 31.6. The van der Waals surface area contributed by atoms with Gasteiger partial charge in [0.25, 0.3) is 0 Å². The Morgan fingerprint density at radius 2 is 1.79 bits per heavy atom. The number of ether oxygens (including phenoxy) is 1. The lowest BCUT2D eigenvalue weighted by Gasteiger charge is -2.26. The number of unbranched alkanes of at least 4 members (excludes halogenated alkanes) is 3. The maximum atomic E-state index is 12.5. The van der Waals surface area contributed by atoms with Crippen LogP contribution < -0.4 is 5.32 Å². The Hall–Kier alpha value is -1.44. The predicted molar refractivity (Wildman–Crippen MR) is 93.4 cm³/mol. The van der Waals surface area contributed by atoms with E-state index < -0.39 is 10.0 Å². The molecule has 0 radical (unpaired) electrons. The van der Waals surface area contributed by atoms with Crippen molar-refractivity contribution in [1.82, 2.24) is 4.31 Å². The number of nitrogens with one attached hydrogen (secondary N) is 1. The van der Waals surface area contributed by atoms with Crippen LogP contribution in [0.25, 0.3) is 0 Å². The van der Waals surface area contributed by atoms with Crippen LogP contribution in [0.4, 0.5) is 5.69 Å². The van der Waals surface area contributed by atoms with Crippen molar-refractivity contribution in [3.05, 3.63) is 24.3 Å². The average molecular weight is 354 g/mol. The van der Waals surface area contributed by atoms with Crippen molar-refractivity contribution in [2.24, 2.45) is 0 Å². The van der Waals surface area contributed by atoms with Crippen molar-refractivity contribution >= 4 is 21.6 Å². The molecule has 0 spiro atoms. The van der Waals surface area contributed by atoms with Crippen LogP contribution in [0.1, 0.15) is 39.0 Å². The van der Waals surface area contributed by atoms with Gasteiger partial charge in [0.1, 0.15) is 0 Å². The highest BCUT2D eigenvalue weighted by atomic mass is 32.2. The quantitative estimate of drug-likeness (QED) is 0.728. The van der Waals surface area contributed by atoms with E-state index in [9.17, 15) is 13.2 Å². The lowest BCUT2D eigenvalue weighted by Crippen LogP contribution is -2.40. The first-order chi connectivity index (χ1) is 11.5. The molecule has 1 amide bonds. The van der Waals surface area contributed by atoms with Crippen LogP contribution in [0.5, 0.6) is 0 Å². The fraction of sp³-hybridized carbons (Fsp3) is 0.588. The Labute approximate surface area is 144 Å². The minimum Gasteiger partial charge on any atom is -0.379 e. The summed E-state index contributed by atoms with van der Waals surface area (Å²) in [6.45, 7) is 3.72. The van der Waals surface area contributed by atoms with Crippen LogP contribution in [-0.4, -0.2) is 44.9 Å². The second-order valence-corrected chi connectivity index (χ2v) is 7.84. The number of morpholine rings is 1. The first kappa shape index (κ1) is 18.9. The molecule has 6 nitrogen and oxygen atoms in total. The molecule has 1 aromatic rings. The van der Waals surface area contributed by atoms with Crippen molar-refractivity contribution in [3.63, 3.8) is 0 Å². The van der Waals surface area contributed by atoms with E-state index in [0.717, 1.165) is 25.7 Å². The van der Waals surface area contributed by atoms with Gasteiger partial charge in [-0.2, -0.15) is 4.31 Å². The summed E-state index contributed by atoms with van der Waals surface area (Å²) in [5, 5.41) is 2.81. The summed E-state index contributed by atoms with van der Waals surface area (Å²) in [5.74, 6) is -0.0325. The molecule has 0 bridgehead atoms. The second-order valence-electron chi connectivity index (χ2n) is 5.90. The summed E-state index contributed by atoms with van der Waals surface area (Å²) in [6, 6.07) is 6.35. The number of benzene rings is 1. The predicted octanol–water partition coefficient (Wildman–Crippen LogP) is 2.62. The molecule has 0 unspecified atom stereocenters.